The van der Waals surface area contributed by atoms with Gasteiger partial charge in [0.25, 0.3) is 0 Å². The number of nitrogens with one attached hydrogen (secondary N) is 1. The van der Waals surface area contributed by atoms with E-state index in [4.69, 9.17) is 0 Å². The molecule has 0 saturated carbocycles. The van der Waals surface area contributed by atoms with Gasteiger partial charge in [0, 0.05) is 17.8 Å². The molecule has 1 nitrogen and oxygen atoms in total. The van der Waals surface area contributed by atoms with Crippen LogP contribution in [0.15, 0.2) is 30.3 Å². The molecule has 0 bridgehead atoms. The highest BCUT2D eigenvalue weighted by atomic mass is 14.9. The first kappa shape index (κ1) is 9.32. The highest BCUT2D eigenvalue weighted by molar-refractivity contribution is 5.68. The van der Waals surface area contributed by atoms with Crippen molar-refractivity contribution in [1.82, 2.24) is 5.32 Å². The van der Waals surface area contributed by atoms with E-state index < -0.39 is 0 Å². The molecule has 0 atom stereocenters. The van der Waals surface area contributed by atoms with Crippen molar-refractivity contribution in [3.05, 3.63) is 41.5 Å². The summed E-state index contributed by atoms with van der Waals surface area (Å²) in [6, 6.07) is 8.70. The topological polar surface area (TPSA) is 12.0 Å². The van der Waals surface area contributed by atoms with Gasteiger partial charge >= 0.3 is 0 Å². The predicted octanol–water partition coefficient (Wildman–Crippen LogP) is 2.97. The lowest BCUT2D eigenvalue weighted by Crippen LogP contribution is -2.07. The lowest BCUT2D eigenvalue weighted by Gasteiger charge is -2.10. The highest BCUT2D eigenvalue weighted by Crippen LogP contribution is 2.21. The molecule has 0 aliphatic carbocycles. The van der Waals surface area contributed by atoms with Gasteiger partial charge < -0.3 is 5.32 Å². The molecule has 0 amide bonds. The Hall–Kier alpha value is -1.24. The van der Waals surface area contributed by atoms with Crippen LogP contribution in [-0.2, 0) is 6.42 Å². The quantitative estimate of drug-likeness (QED) is 0.767. The summed E-state index contributed by atoms with van der Waals surface area (Å²) in [5, 5.41) is 3.43. The Labute approximate surface area is 85.8 Å². The second kappa shape index (κ2) is 4.32. The Morgan fingerprint density at radius 2 is 2.14 bits per heavy atom. The van der Waals surface area contributed by atoms with Gasteiger partial charge in [-0.2, -0.15) is 0 Å². The summed E-state index contributed by atoms with van der Waals surface area (Å²) < 4.78 is 0. The minimum absolute atomic E-state index is 1.09. The van der Waals surface area contributed by atoms with E-state index in [1.165, 1.54) is 29.7 Å². The monoisotopic (exact) mass is 187 g/mol. The summed E-state index contributed by atoms with van der Waals surface area (Å²) in [4.78, 5) is 0. The number of benzene rings is 1. The molecule has 1 aliphatic heterocycles. The first-order chi connectivity index (χ1) is 6.92. The molecule has 0 fully saturated rings. The fraction of sp³-hybridized carbons (Fsp3) is 0.385. The molecular weight excluding hydrogens is 170 g/mol. The summed E-state index contributed by atoms with van der Waals surface area (Å²) in [5.41, 5.74) is 4.19. The van der Waals surface area contributed by atoms with E-state index in [1.807, 2.05) is 0 Å². The Bertz CT molecular complexity index is 339. The second-order valence-corrected chi connectivity index (χ2v) is 3.74. The van der Waals surface area contributed by atoms with Crippen molar-refractivity contribution in [3.8, 4) is 0 Å². The Balaban J connectivity index is 2.31. The van der Waals surface area contributed by atoms with Crippen molar-refractivity contribution in [2.24, 2.45) is 0 Å². The van der Waals surface area contributed by atoms with Crippen LogP contribution in [0.1, 0.15) is 30.9 Å². The second-order valence-electron chi connectivity index (χ2n) is 3.74. The smallest absolute Gasteiger partial charge is 0.0376 e. The van der Waals surface area contributed by atoms with Gasteiger partial charge in [-0.3, -0.25) is 0 Å². The third kappa shape index (κ3) is 1.82. The van der Waals surface area contributed by atoms with Crippen LogP contribution in [0.25, 0.3) is 5.70 Å². The lowest BCUT2D eigenvalue weighted by atomic mass is 10.0. The van der Waals surface area contributed by atoms with E-state index in [1.54, 1.807) is 0 Å². The third-order valence-corrected chi connectivity index (χ3v) is 2.64. The molecule has 1 aromatic rings. The zero-order chi connectivity index (χ0) is 9.80. The van der Waals surface area contributed by atoms with Gasteiger partial charge in [-0.25, -0.2) is 0 Å². The zero-order valence-corrected chi connectivity index (χ0v) is 8.72. The molecule has 0 radical (unpaired) electrons. The van der Waals surface area contributed by atoms with E-state index in [0.717, 1.165) is 13.0 Å². The van der Waals surface area contributed by atoms with Crippen molar-refractivity contribution in [3.63, 3.8) is 0 Å². The van der Waals surface area contributed by atoms with Crippen LogP contribution in [-0.4, -0.2) is 6.54 Å². The van der Waals surface area contributed by atoms with E-state index in [2.05, 4.69) is 42.6 Å². The zero-order valence-electron chi connectivity index (χ0n) is 8.72. The minimum Gasteiger partial charge on any atom is -0.384 e. The highest BCUT2D eigenvalue weighted by Gasteiger charge is 2.09. The van der Waals surface area contributed by atoms with Gasteiger partial charge in [0.15, 0.2) is 0 Å². The molecule has 0 spiro atoms. The molecule has 0 unspecified atom stereocenters. The first-order valence-corrected chi connectivity index (χ1v) is 5.44. The maximum Gasteiger partial charge on any atom is 0.0376 e. The SMILES string of the molecule is CCCc1ccccc1C1=CCCN1. The maximum atomic E-state index is 3.43. The van der Waals surface area contributed by atoms with Crippen LogP contribution in [0.4, 0.5) is 0 Å². The van der Waals surface area contributed by atoms with Gasteiger partial charge in [0.05, 0.1) is 0 Å². The molecule has 14 heavy (non-hydrogen) atoms. The molecule has 1 aliphatic rings. The van der Waals surface area contributed by atoms with Gasteiger partial charge in [-0.15, -0.1) is 0 Å². The molecule has 2 rings (SSSR count). The summed E-state index contributed by atoms with van der Waals surface area (Å²) in [7, 11) is 0. The van der Waals surface area contributed by atoms with Crippen LogP contribution in [0.5, 0.6) is 0 Å². The summed E-state index contributed by atoms with van der Waals surface area (Å²) in [6.45, 7) is 3.32. The van der Waals surface area contributed by atoms with Crippen molar-refractivity contribution in [2.75, 3.05) is 6.54 Å². The molecule has 74 valence electrons. The van der Waals surface area contributed by atoms with E-state index >= 15 is 0 Å². The Morgan fingerprint density at radius 3 is 2.86 bits per heavy atom. The number of hydrogen-bond acceptors (Lipinski definition) is 1. The molecule has 1 N–H and O–H groups in total. The third-order valence-electron chi connectivity index (χ3n) is 2.64. The molecule has 1 aromatic carbocycles. The van der Waals surface area contributed by atoms with Crippen molar-refractivity contribution in [1.29, 1.82) is 0 Å². The van der Waals surface area contributed by atoms with Crippen LogP contribution in [0, 0.1) is 0 Å². The minimum atomic E-state index is 1.09. The lowest BCUT2D eigenvalue weighted by molar-refractivity contribution is 0.903. The maximum absolute atomic E-state index is 3.43. The van der Waals surface area contributed by atoms with E-state index in [0.29, 0.717) is 0 Å². The normalized spacial score (nSPS) is 15.1. The van der Waals surface area contributed by atoms with Crippen molar-refractivity contribution in [2.45, 2.75) is 26.2 Å². The van der Waals surface area contributed by atoms with Gasteiger partial charge in [0.2, 0.25) is 0 Å². The van der Waals surface area contributed by atoms with Crippen LogP contribution < -0.4 is 5.32 Å². The Morgan fingerprint density at radius 1 is 1.29 bits per heavy atom. The molecule has 0 aromatic heterocycles. The van der Waals surface area contributed by atoms with Crippen molar-refractivity contribution < 1.29 is 0 Å². The summed E-state index contributed by atoms with van der Waals surface area (Å²) >= 11 is 0. The molecule has 0 saturated heterocycles. The molecular formula is C13H17N. The number of hydrogen-bond donors (Lipinski definition) is 1. The van der Waals surface area contributed by atoms with Crippen LogP contribution in [0.3, 0.4) is 0 Å². The van der Waals surface area contributed by atoms with Gasteiger partial charge in [-0.05, 0) is 18.4 Å². The molecule has 1 heterocycles. The number of aryl methyl sites for hydroxylation is 1. The Kier molecular flexibility index (Phi) is 2.87. The van der Waals surface area contributed by atoms with Gasteiger partial charge in [0.1, 0.15) is 0 Å². The van der Waals surface area contributed by atoms with E-state index in [-0.39, 0.29) is 0 Å². The van der Waals surface area contributed by atoms with Crippen molar-refractivity contribution >= 4 is 5.70 Å². The molecule has 1 heteroatoms. The van der Waals surface area contributed by atoms with E-state index in [9.17, 15) is 0 Å². The summed E-state index contributed by atoms with van der Waals surface area (Å²) in [6.07, 6.45) is 5.85. The fourth-order valence-electron chi connectivity index (χ4n) is 1.97. The van der Waals surface area contributed by atoms with Crippen LogP contribution >= 0.6 is 0 Å². The average Bonchev–Trinajstić information content (AvgIpc) is 2.72. The largest absolute Gasteiger partial charge is 0.384 e. The standard InChI is InChI=1S/C13H17N/c1-2-6-11-7-3-4-8-12(11)13-9-5-10-14-13/h3-4,7-9,14H,2,5-6,10H2,1H3. The summed E-state index contributed by atoms with van der Waals surface area (Å²) in [5.74, 6) is 0. The van der Waals surface area contributed by atoms with Crippen LogP contribution in [0.2, 0.25) is 0 Å². The first-order valence-electron chi connectivity index (χ1n) is 5.44. The fourth-order valence-corrected chi connectivity index (χ4v) is 1.97. The predicted molar refractivity (Wildman–Crippen MR) is 61.0 cm³/mol. The average molecular weight is 187 g/mol. The van der Waals surface area contributed by atoms with Gasteiger partial charge in [-0.1, -0.05) is 43.7 Å². The number of rotatable bonds is 3.